The van der Waals surface area contributed by atoms with Crippen molar-refractivity contribution in [2.45, 2.75) is 25.7 Å². The second-order valence-corrected chi connectivity index (χ2v) is 5.68. The summed E-state index contributed by atoms with van der Waals surface area (Å²) in [5.41, 5.74) is 0.723. The zero-order chi connectivity index (χ0) is 15.9. The molecule has 7 heteroatoms. The van der Waals surface area contributed by atoms with Gasteiger partial charge in [0.1, 0.15) is 0 Å². The quantitative estimate of drug-likeness (QED) is 0.817. The van der Waals surface area contributed by atoms with Crippen LogP contribution in [0.4, 0.5) is 0 Å². The largest absolute Gasteiger partial charge is 0.348 e. The van der Waals surface area contributed by atoms with Gasteiger partial charge in [-0.1, -0.05) is 11.6 Å². The number of likely N-dealkylation sites (tertiary alicyclic amines) is 1. The van der Waals surface area contributed by atoms with Gasteiger partial charge in [0.05, 0.1) is 0 Å². The summed E-state index contributed by atoms with van der Waals surface area (Å²) in [4.78, 5) is 22.6. The van der Waals surface area contributed by atoms with Crippen molar-refractivity contribution in [3.8, 4) is 11.4 Å². The summed E-state index contributed by atoms with van der Waals surface area (Å²) < 4.78 is 5.02. The molecule has 1 fully saturated rings. The lowest BCUT2D eigenvalue weighted by Crippen LogP contribution is -2.33. The van der Waals surface area contributed by atoms with Crippen LogP contribution in [-0.2, 0) is 0 Å². The van der Waals surface area contributed by atoms with E-state index < -0.39 is 0 Å². The summed E-state index contributed by atoms with van der Waals surface area (Å²) >= 11 is 0. The van der Waals surface area contributed by atoms with E-state index >= 15 is 0 Å². The molecule has 122 valence electrons. The van der Waals surface area contributed by atoms with Crippen molar-refractivity contribution in [1.82, 2.24) is 25.3 Å². The number of nitrogens with one attached hydrogen (secondary N) is 1. The Morgan fingerprint density at radius 1 is 1.30 bits per heavy atom. The van der Waals surface area contributed by atoms with Gasteiger partial charge in [-0.2, -0.15) is 4.98 Å². The highest BCUT2D eigenvalue weighted by Gasteiger charge is 2.16. The highest BCUT2D eigenvalue weighted by atomic mass is 16.5. The summed E-state index contributed by atoms with van der Waals surface area (Å²) in [5.74, 6) is 0.0321. The zero-order valence-corrected chi connectivity index (χ0v) is 13.1. The lowest BCUT2D eigenvalue weighted by atomic mass is 10.1. The molecule has 0 unspecified atom stereocenters. The number of aromatic nitrogens is 3. The maximum absolute atomic E-state index is 12.0. The molecule has 7 nitrogen and oxygen atoms in total. The first-order valence-electron chi connectivity index (χ1n) is 8.07. The Bertz CT molecular complexity index is 622. The van der Waals surface area contributed by atoms with E-state index in [1.165, 1.54) is 32.4 Å². The molecule has 0 spiro atoms. The molecular formula is C16H21N5O2. The normalized spacial score (nSPS) is 15.5. The van der Waals surface area contributed by atoms with Crippen LogP contribution in [-0.4, -0.2) is 52.1 Å². The average molecular weight is 315 g/mol. The maximum atomic E-state index is 12.0. The third kappa shape index (κ3) is 4.35. The van der Waals surface area contributed by atoms with E-state index in [9.17, 15) is 4.79 Å². The second kappa shape index (κ2) is 7.82. The molecule has 1 N–H and O–H groups in total. The maximum Gasteiger partial charge on any atom is 0.316 e. The van der Waals surface area contributed by atoms with Gasteiger partial charge in [0.25, 0.3) is 0 Å². The van der Waals surface area contributed by atoms with Crippen LogP contribution in [0.2, 0.25) is 0 Å². The van der Waals surface area contributed by atoms with E-state index in [2.05, 4.69) is 25.3 Å². The van der Waals surface area contributed by atoms with Crippen molar-refractivity contribution in [2.24, 2.45) is 0 Å². The molecule has 2 aromatic heterocycles. The topological polar surface area (TPSA) is 84.2 Å². The molecule has 1 amide bonds. The Morgan fingerprint density at radius 2 is 2.17 bits per heavy atom. The first kappa shape index (κ1) is 15.6. The second-order valence-electron chi connectivity index (χ2n) is 5.68. The monoisotopic (exact) mass is 315 g/mol. The van der Waals surface area contributed by atoms with Crippen molar-refractivity contribution in [1.29, 1.82) is 0 Å². The molecule has 0 aliphatic carbocycles. The molecular weight excluding hydrogens is 294 g/mol. The van der Waals surface area contributed by atoms with Crippen LogP contribution in [0.25, 0.3) is 11.4 Å². The number of rotatable bonds is 6. The first-order chi connectivity index (χ1) is 11.3. The lowest BCUT2D eigenvalue weighted by molar-refractivity contribution is 0.0907. The predicted molar refractivity (Wildman–Crippen MR) is 84.8 cm³/mol. The van der Waals surface area contributed by atoms with E-state index in [-0.39, 0.29) is 11.8 Å². The van der Waals surface area contributed by atoms with Gasteiger partial charge in [-0.3, -0.25) is 9.78 Å². The van der Waals surface area contributed by atoms with Gasteiger partial charge < -0.3 is 14.7 Å². The fourth-order valence-corrected chi connectivity index (χ4v) is 2.69. The van der Waals surface area contributed by atoms with Gasteiger partial charge in [0.2, 0.25) is 5.82 Å². The Hall–Kier alpha value is -2.28. The molecule has 3 rings (SSSR count). The number of pyridine rings is 1. The van der Waals surface area contributed by atoms with Crippen LogP contribution in [0, 0.1) is 0 Å². The SMILES string of the molecule is O=C(NCCCN1CCCCC1)c1nc(-c2cccnc2)no1. The fourth-order valence-electron chi connectivity index (χ4n) is 2.69. The Labute approximate surface area is 135 Å². The number of carbonyl (C=O) groups is 1. The minimum atomic E-state index is -0.328. The molecule has 1 saturated heterocycles. The number of amides is 1. The molecule has 2 aromatic rings. The highest BCUT2D eigenvalue weighted by Crippen LogP contribution is 2.13. The van der Waals surface area contributed by atoms with Gasteiger partial charge in [0.15, 0.2) is 0 Å². The molecule has 1 aliphatic rings. The molecule has 1 aliphatic heterocycles. The van der Waals surface area contributed by atoms with Gasteiger partial charge >= 0.3 is 11.8 Å². The number of piperidine rings is 1. The van der Waals surface area contributed by atoms with Gasteiger partial charge in [-0.15, -0.1) is 0 Å². The summed E-state index contributed by atoms with van der Waals surface area (Å²) in [6, 6.07) is 3.60. The van der Waals surface area contributed by atoms with Crippen LogP contribution in [0.1, 0.15) is 36.4 Å². The van der Waals surface area contributed by atoms with Crippen molar-refractivity contribution >= 4 is 5.91 Å². The van der Waals surface area contributed by atoms with Crippen LogP contribution in [0.15, 0.2) is 29.0 Å². The number of hydrogen-bond donors (Lipinski definition) is 1. The van der Waals surface area contributed by atoms with Crippen LogP contribution in [0.3, 0.4) is 0 Å². The fraction of sp³-hybridized carbons (Fsp3) is 0.500. The minimum absolute atomic E-state index is 0.0122. The summed E-state index contributed by atoms with van der Waals surface area (Å²) in [7, 11) is 0. The van der Waals surface area contributed by atoms with Gasteiger partial charge in [-0.25, -0.2) is 0 Å². The Balaban J connectivity index is 1.44. The predicted octanol–water partition coefficient (Wildman–Crippen LogP) is 1.74. The van der Waals surface area contributed by atoms with E-state index in [0.717, 1.165) is 18.5 Å². The highest BCUT2D eigenvalue weighted by molar-refractivity contribution is 5.89. The summed E-state index contributed by atoms with van der Waals surface area (Å²) in [5, 5.41) is 6.64. The summed E-state index contributed by atoms with van der Waals surface area (Å²) in [6.45, 7) is 3.98. The smallest absolute Gasteiger partial charge is 0.316 e. The van der Waals surface area contributed by atoms with E-state index in [1.54, 1.807) is 18.5 Å². The van der Waals surface area contributed by atoms with Crippen molar-refractivity contribution in [2.75, 3.05) is 26.2 Å². The van der Waals surface area contributed by atoms with Crippen LogP contribution < -0.4 is 5.32 Å². The molecule has 0 saturated carbocycles. The van der Waals surface area contributed by atoms with E-state index in [0.29, 0.717) is 12.4 Å². The standard InChI is InChI=1S/C16H21N5O2/c22-15(18-8-5-11-21-9-2-1-3-10-21)16-19-14(20-23-16)13-6-4-7-17-12-13/h4,6-7,12H,1-3,5,8-11H2,(H,18,22). The Kier molecular flexibility index (Phi) is 5.31. The Morgan fingerprint density at radius 3 is 2.96 bits per heavy atom. The third-order valence-electron chi connectivity index (χ3n) is 3.93. The third-order valence-corrected chi connectivity index (χ3v) is 3.93. The number of hydrogen-bond acceptors (Lipinski definition) is 6. The molecule has 0 bridgehead atoms. The first-order valence-corrected chi connectivity index (χ1v) is 8.07. The minimum Gasteiger partial charge on any atom is -0.348 e. The molecule has 0 atom stereocenters. The molecule has 0 aromatic carbocycles. The number of nitrogens with zero attached hydrogens (tertiary/aromatic N) is 4. The van der Waals surface area contributed by atoms with Crippen molar-refractivity contribution < 1.29 is 9.32 Å². The van der Waals surface area contributed by atoms with E-state index in [4.69, 9.17) is 4.52 Å². The van der Waals surface area contributed by atoms with Crippen molar-refractivity contribution in [3.63, 3.8) is 0 Å². The van der Waals surface area contributed by atoms with Crippen LogP contribution >= 0.6 is 0 Å². The van der Waals surface area contributed by atoms with E-state index in [1.807, 2.05) is 6.07 Å². The van der Waals surface area contributed by atoms with Crippen LogP contribution in [0.5, 0.6) is 0 Å². The summed E-state index contributed by atoms with van der Waals surface area (Å²) in [6.07, 6.45) is 8.13. The molecule has 23 heavy (non-hydrogen) atoms. The molecule has 0 radical (unpaired) electrons. The average Bonchev–Trinajstić information content (AvgIpc) is 3.10. The number of carbonyl (C=O) groups excluding carboxylic acids is 1. The zero-order valence-electron chi connectivity index (χ0n) is 13.1. The lowest BCUT2D eigenvalue weighted by Gasteiger charge is -2.26. The van der Waals surface area contributed by atoms with Gasteiger partial charge in [-0.05, 0) is 51.0 Å². The van der Waals surface area contributed by atoms with Crippen molar-refractivity contribution in [3.05, 3.63) is 30.4 Å². The molecule has 3 heterocycles. The van der Waals surface area contributed by atoms with Gasteiger partial charge in [0, 0.05) is 24.5 Å².